The standard InChI is InChI=1S/C21H23N3O4/c1-4-27-17-10-8-15(9-11-17)20-24-19(14(2)28-20)13-22-21(25)23-16-6-5-7-18(12-16)26-3/h5-12H,4,13H2,1-3H3,(H2,22,23,25). The van der Waals surface area contributed by atoms with E-state index >= 15 is 0 Å². The molecule has 0 atom stereocenters. The van der Waals surface area contributed by atoms with E-state index in [-0.39, 0.29) is 12.6 Å². The van der Waals surface area contributed by atoms with Gasteiger partial charge in [-0.3, -0.25) is 0 Å². The smallest absolute Gasteiger partial charge is 0.319 e. The van der Waals surface area contributed by atoms with Crippen molar-refractivity contribution in [3.63, 3.8) is 0 Å². The minimum absolute atomic E-state index is 0.252. The van der Waals surface area contributed by atoms with Crippen LogP contribution in [0.3, 0.4) is 0 Å². The maximum Gasteiger partial charge on any atom is 0.319 e. The lowest BCUT2D eigenvalue weighted by Gasteiger charge is -2.08. The topological polar surface area (TPSA) is 85.6 Å². The summed E-state index contributed by atoms with van der Waals surface area (Å²) in [4.78, 5) is 16.6. The number of urea groups is 1. The minimum atomic E-state index is -0.335. The molecule has 0 unspecified atom stereocenters. The zero-order chi connectivity index (χ0) is 19.9. The maximum atomic E-state index is 12.1. The summed E-state index contributed by atoms with van der Waals surface area (Å²) in [5.41, 5.74) is 2.16. The first-order valence-electron chi connectivity index (χ1n) is 8.97. The Bertz CT molecular complexity index is 935. The minimum Gasteiger partial charge on any atom is -0.497 e. The van der Waals surface area contributed by atoms with Crippen molar-refractivity contribution in [2.24, 2.45) is 0 Å². The van der Waals surface area contributed by atoms with Gasteiger partial charge in [-0.15, -0.1) is 0 Å². The van der Waals surface area contributed by atoms with Crippen LogP contribution >= 0.6 is 0 Å². The van der Waals surface area contributed by atoms with Crippen molar-refractivity contribution in [1.29, 1.82) is 0 Å². The van der Waals surface area contributed by atoms with Gasteiger partial charge in [0, 0.05) is 17.3 Å². The summed E-state index contributed by atoms with van der Waals surface area (Å²) < 4.78 is 16.3. The van der Waals surface area contributed by atoms with Crippen LogP contribution in [0.15, 0.2) is 52.9 Å². The summed E-state index contributed by atoms with van der Waals surface area (Å²) in [7, 11) is 1.58. The number of carbonyl (C=O) groups is 1. The number of hydrogen-bond acceptors (Lipinski definition) is 5. The second-order valence-corrected chi connectivity index (χ2v) is 6.02. The second kappa shape index (κ2) is 8.94. The monoisotopic (exact) mass is 381 g/mol. The van der Waals surface area contributed by atoms with Crippen molar-refractivity contribution in [2.75, 3.05) is 19.0 Å². The lowest BCUT2D eigenvalue weighted by molar-refractivity contribution is 0.251. The molecule has 0 aliphatic heterocycles. The zero-order valence-corrected chi connectivity index (χ0v) is 16.1. The molecule has 3 rings (SSSR count). The lowest BCUT2D eigenvalue weighted by Crippen LogP contribution is -2.28. The third-order valence-corrected chi connectivity index (χ3v) is 4.05. The lowest BCUT2D eigenvalue weighted by atomic mass is 10.2. The molecule has 0 radical (unpaired) electrons. The van der Waals surface area contributed by atoms with Crippen molar-refractivity contribution in [3.05, 3.63) is 60.0 Å². The number of aromatic nitrogens is 1. The number of benzene rings is 2. The molecular weight excluding hydrogens is 358 g/mol. The maximum absolute atomic E-state index is 12.1. The van der Waals surface area contributed by atoms with Crippen molar-refractivity contribution in [2.45, 2.75) is 20.4 Å². The van der Waals surface area contributed by atoms with E-state index in [1.165, 1.54) is 0 Å². The average Bonchev–Trinajstić information content (AvgIpc) is 3.08. The van der Waals surface area contributed by atoms with Crippen LogP contribution in [0.5, 0.6) is 11.5 Å². The van der Waals surface area contributed by atoms with E-state index in [4.69, 9.17) is 13.9 Å². The number of aryl methyl sites for hydroxylation is 1. The molecule has 0 fully saturated rings. The number of carbonyl (C=O) groups excluding carboxylic acids is 1. The third-order valence-electron chi connectivity index (χ3n) is 4.05. The highest BCUT2D eigenvalue weighted by atomic mass is 16.5. The Morgan fingerprint density at radius 2 is 1.93 bits per heavy atom. The Hall–Kier alpha value is -3.48. The van der Waals surface area contributed by atoms with E-state index in [2.05, 4.69) is 15.6 Å². The van der Waals surface area contributed by atoms with Gasteiger partial charge in [-0.2, -0.15) is 0 Å². The fourth-order valence-corrected chi connectivity index (χ4v) is 2.62. The molecule has 2 N–H and O–H groups in total. The van der Waals surface area contributed by atoms with Crippen LogP contribution in [-0.2, 0) is 6.54 Å². The van der Waals surface area contributed by atoms with E-state index in [1.54, 1.807) is 25.3 Å². The van der Waals surface area contributed by atoms with E-state index < -0.39 is 0 Å². The third kappa shape index (κ3) is 4.82. The molecule has 7 nitrogen and oxygen atoms in total. The average molecular weight is 381 g/mol. The molecule has 2 aromatic carbocycles. The van der Waals surface area contributed by atoms with Gasteiger partial charge in [0.1, 0.15) is 23.0 Å². The van der Waals surface area contributed by atoms with Gasteiger partial charge in [-0.1, -0.05) is 6.07 Å². The number of amides is 2. The first-order chi connectivity index (χ1) is 13.6. The number of ether oxygens (including phenoxy) is 2. The molecule has 1 aromatic heterocycles. The van der Waals surface area contributed by atoms with E-state index in [1.807, 2.05) is 44.2 Å². The van der Waals surface area contributed by atoms with E-state index in [9.17, 15) is 4.79 Å². The van der Waals surface area contributed by atoms with Gasteiger partial charge in [0.15, 0.2) is 0 Å². The highest BCUT2D eigenvalue weighted by Gasteiger charge is 2.13. The molecule has 146 valence electrons. The fraction of sp³-hybridized carbons (Fsp3) is 0.238. The van der Waals surface area contributed by atoms with Gasteiger partial charge in [0.2, 0.25) is 5.89 Å². The van der Waals surface area contributed by atoms with Crippen molar-refractivity contribution in [3.8, 4) is 23.0 Å². The highest BCUT2D eigenvalue weighted by Crippen LogP contribution is 2.24. The molecule has 28 heavy (non-hydrogen) atoms. The first-order valence-corrected chi connectivity index (χ1v) is 8.97. The quantitative estimate of drug-likeness (QED) is 0.634. The van der Waals surface area contributed by atoms with Gasteiger partial charge in [0.05, 0.1) is 20.3 Å². The number of rotatable bonds is 7. The van der Waals surface area contributed by atoms with Gasteiger partial charge in [-0.25, -0.2) is 9.78 Å². The summed E-state index contributed by atoms with van der Waals surface area (Å²) in [6, 6.07) is 14.3. The molecule has 0 spiro atoms. The molecule has 3 aromatic rings. The number of oxazole rings is 1. The predicted octanol–water partition coefficient (Wildman–Crippen LogP) is 4.38. The Balaban J connectivity index is 1.61. The van der Waals surface area contributed by atoms with Crippen LogP contribution in [0, 0.1) is 6.92 Å². The molecule has 0 saturated heterocycles. The molecule has 0 aliphatic rings. The number of nitrogens with zero attached hydrogens (tertiary/aromatic N) is 1. The van der Waals surface area contributed by atoms with Gasteiger partial charge < -0.3 is 24.5 Å². The number of anilines is 1. The summed E-state index contributed by atoms with van der Waals surface area (Å²) in [5, 5.41) is 5.54. The van der Waals surface area contributed by atoms with Crippen LogP contribution in [0.2, 0.25) is 0 Å². The Kier molecular flexibility index (Phi) is 6.16. The predicted molar refractivity (Wildman–Crippen MR) is 107 cm³/mol. The van der Waals surface area contributed by atoms with Crippen LogP contribution in [0.1, 0.15) is 18.4 Å². The van der Waals surface area contributed by atoms with Crippen LogP contribution < -0.4 is 20.1 Å². The molecule has 7 heteroatoms. The fourth-order valence-electron chi connectivity index (χ4n) is 2.62. The largest absolute Gasteiger partial charge is 0.497 e. The SMILES string of the molecule is CCOc1ccc(-c2nc(CNC(=O)Nc3cccc(OC)c3)c(C)o2)cc1. The Morgan fingerprint density at radius 3 is 2.64 bits per heavy atom. The number of methoxy groups -OCH3 is 1. The summed E-state index contributed by atoms with van der Waals surface area (Å²) in [6.45, 7) is 4.63. The molecular formula is C21H23N3O4. The summed E-state index contributed by atoms with van der Waals surface area (Å²) in [6.07, 6.45) is 0. The van der Waals surface area contributed by atoms with Crippen LogP contribution in [-0.4, -0.2) is 24.7 Å². The van der Waals surface area contributed by atoms with E-state index in [0.717, 1.165) is 11.3 Å². The van der Waals surface area contributed by atoms with Gasteiger partial charge in [-0.05, 0) is 50.2 Å². The van der Waals surface area contributed by atoms with Crippen molar-refractivity contribution < 1.29 is 18.7 Å². The molecule has 0 bridgehead atoms. The molecule has 1 heterocycles. The first kappa shape index (κ1) is 19.3. The number of nitrogens with one attached hydrogen (secondary N) is 2. The van der Waals surface area contributed by atoms with Crippen LogP contribution in [0.25, 0.3) is 11.5 Å². The van der Waals surface area contributed by atoms with Crippen molar-refractivity contribution >= 4 is 11.7 Å². The summed E-state index contributed by atoms with van der Waals surface area (Å²) >= 11 is 0. The van der Waals surface area contributed by atoms with Crippen molar-refractivity contribution in [1.82, 2.24) is 10.3 Å². The number of hydrogen-bond donors (Lipinski definition) is 2. The summed E-state index contributed by atoms with van der Waals surface area (Å²) in [5.74, 6) is 2.63. The molecule has 2 amide bonds. The second-order valence-electron chi connectivity index (χ2n) is 6.02. The highest BCUT2D eigenvalue weighted by molar-refractivity contribution is 5.89. The molecule has 0 aliphatic carbocycles. The van der Waals surface area contributed by atoms with E-state index in [0.29, 0.717) is 35.4 Å². The van der Waals surface area contributed by atoms with Gasteiger partial charge >= 0.3 is 6.03 Å². The Labute approximate surface area is 163 Å². The van der Waals surface area contributed by atoms with Gasteiger partial charge in [0.25, 0.3) is 0 Å². The molecule has 0 saturated carbocycles. The Morgan fingerprint density at radius 1 is 1.14 bits per heavy atom. The zero-order valence-electron chi connectivity index (χ0n) is 16.1. The normalized spacial score (nSPS) is 10.4. The van der Waals surface area contributed by atoms with Crippen LogP contribution in [0.4, 0.5) is 10.5 Å².